The zero-order valence-electron chi connectivity index (χ0n) is 14.5. The van der Waals surface area contributed by atoms with E-state index in [4.69, 9.17) is 9.26 Å². The van der Waals surface area contributed by atoms with Crippen LogP contribution in [0.5, 0.6) is 0 Å². The van der Waals surface area contributed by atoms with Crippen molar-refractivity contribution in [3.8, 4) is 0 Å². The molecule has 1 aliphatic rings. The van der Waals surface area contributed by atoms with Gasteiger partial charge in [-0.2, -0.15) is 4.98 Å². The Morgan fingerprint density at radius 1 is 1.28 bits per heavy atom. The van der Waals surface area contributed by atoms with Crippen molar-refractivity contribution in [2.75, 3.05) is 18.0 Å². The summed E-state index contributed by atoms with van der Waals surface area (Å²) >= 11 is 0. The molecule has 130 valence electrons. The molecule has 0 unspecified atom stereocenters. The molecule has 3 aromatic heterocycles. The molecular formula is C18H21N5O2. The number of anilines is 1. The lowest BCUT2D eigenvalue weighted by molar-refractivity contribution is 0.0297. The van der Waals surface area contributed by atoms with Crippen molar-refractivity contribution in [1.29, 1.82) is 0 Å². The van der Waals surface area contributed by atoms with Crippen LogP contribution in [0, 0.1) is 13.8 Å². The van der Waals surface area contributed by atoms with Crippen LogP contribution in [0.4, 0.5) is 5.82 Å². The van der Waals surface area contributed by atoms with Crippen molar-refractivity contribution in [1.82, 2.24) is 20.1 Å². The van der Waals surface area contributed by atoms with Crippen LogP contribution in [0.1, 0.15) is 30.1 Å². The summed E-state index contributed by atoms with van der Waals surface area (Å²) < 4.78 is 11.4. The van der Waals surface area contributed by atoms with Crippen molar-refractivity contribution >= 4 is 16.9 Å². The smallest absolute Gasteiger partial charge is 0.263 e. The zero-order chi connectivity index (χ0) is 17.2. The average Bonchev–Trinajstić information content (AvgIpc) is 3.01. The van der Waals surface area contributed by atoms with Gasteiger partial charge >= 0.3 is 0 Å². The highest BCUT2D eigenvalue weighted by Gasteiger charge is 2.25. The Kier molecular flexibility index (Phi) is 4.31. The molecule has 0 aliphatic carbocycles. The molecule has 0 bridgehead atoms. The molecule has 1 aliphatic heterocycles. The van der Waals surface area contributed by atoms with Crippen molar-refractivity contribution in [2.24, 2.45) is 0 Å². The molecule has 0 amide bonds. The summed E-state index contributed by atoms with van der Waals surface area (Å²) in [5.74, 6) is 1.59. The van der Waals surface area contributed by atoms with E-state index in [0.717, 1.165) is 48.5 Å². The summed E-state index contributed by atoms with van der Waals surface area (Å²) in [4.78, 5) is 15.6. The van der Waals surface area contributed by atoms with Crippen molar-refractivity contribution in [3.63, 3.8) is 0 Å². The van der Waals surface area contributed by atoms with Crippen LogP contribution in [0.3, 0.4) is 0 Å². The maximum atomic E-state index is 6.09. The molecule has 0 radical (unpaired) electrons. The molecule has 4 heterocycles. The third-order valence-corrected chi connectivity index (χ3v) is 4.47. The summed E-state index contributed by atoms with van der Waals surface area (Å²) in [6.45, 7) is 6.07. The fourth-order valence-corrected chi connectivity index (χ4v) is 3.25. The topological polar surface area (TPSA) is 77.2 Å². The van der Waals surface area contributed by atoms with E-state index in [9.17, 15) is 0 Å². The van der Waals surface area contributed by atoms with Crippen molar-refractivity contribution < 1.29 is 9.26 Å². The van der Waals surface area contributed by atoms with Gasteiger partial charge in [-0.1, -0.05) is 11.2 Å². The van der Waals surface area contributed by atoms with Gasteiger partial charge in [0.1, 0.15) is 17.0 Å². The van der Waals surface area contributed by atoms with Crippen molar-refractivity contribution in [2.45, 2.75) is 39.4 Å². The SMILES string of the molecule is Cc1nc(N2CCC[C@H](OCc3ccccn3)C2)c2c(C)noc2n1. The van der Waals surface area contributed by atoms with Crippen LogP contribution in [-0.2, 0) is 11.3 Å². The first-order valence-corrected chi connectivity index (χ1v) is 8.58. The second kappa shape index (κ2) is 6.76. The van der Waals surface area contributed by atoms with E-state index in [0.29, 0.717) is 18.1 Å². The Bertz CT molecular complexity index is 865. The quantitative estimate of drug-likeness (QED) is 0.723. The van der Waals surface area contributed by atoms with Crippen LogP contribution < -0.4 is 4.90 Å². The van der Waals surface area contributed by atoms with Crippen LogP contribution in [0.2, 0.25) is 0 Å². The van der Waals surface area contributed by atoms with Gasteiger partial charge in [-0.15, -0.1) is 0 Å². The van der Waals surface area contributed by atoms with Crippen LogP contribution in [0.15, 0.2) is 28.9 Å². The van der Waals surface area contributed by atoms with Crippen LogP contribution in [-0.4, -0.2) is 39.3 Å². The monoisotopic (exact) mass is 339 g/mol. The first-order chi connectivity index (χ1) is 12.2. The van der Waals surface area contributed by atoms with E-state index in [1.807, 2.05) is 32.0 Å². The predicted molar refractivity (Wildman–Crippen MR) is 93.3 cm³/mol. The maximum Gasteiger partial charge on any atom is 0.263 e. The molecule has 0 N–H and O–H groups in total. The van der Waals surface area contributed by atoms with Gasteiger partial charge in [0.15, 0.2) is 0 Å². The number of aryl methyl sites for hydroxylation is 2. The van der Waals surface area contributed by atoms with Gasteiger partial charge in [-0.3, -0.25) is 4.98 Å². The number of aromatic nitrogens is 4. The molecule has 1 fully saturated rings. The highest BCUT2D eigenvalue weighted by molar-refractivity contribution is 5.88. The number of pyridine rings is 1. The fraction of sp³-hybridized carbons (Fsp3) is 0.444. The van der Waals surface area contributed by atoms with Crippen molar-refractivity contribution in [3.05, 3.63) is 41.6 Å². The second-order valence-corrected chi connectivity index (χ2v) is 6.38. The van der Waals surface area contributed by atoms with Gasteiger partial charge in [-0.25, -0.2) is 4.98 Å². The normalized spacial score (nSPS) is 18.0. The molecule has 0 spiro atoms. The minimum absolute atomic E-state index is 0.154. The van der Waals surface area contributed by atoms with E-state index in [1.54, 1.807) is 6.20 Å². The van der Waals surface area contributed by atoms with Gasteiger partial charge < -0.3 is 14.2 Å². The zero-order valence-corrected chi connectivity index (χ0v) is 14.5. The lowest BCUT2D eigenvalue weighted by Crippen LogP contribution is -2.40. The highest BCUT2D eigenvalue weighted by atomic mass is 16.5. The first-order valence-electron chi connectivity index (χ1n) is 8.58. The molecule has 3 aromatic rings. The predicted octanol–water partition coefficient (Wildman–Crippen LogP) is 2.82. The lowest BCUT2D eigenvalue weighted by Gasteiger charge is -2.33. The number of ether oxygens (including phenoxy) is 1. The molecule has 1 saturated heterocycles. The standard InChI is InChI=1S/C18H21N5O2/c1-12-16-17(20-13(2)21-18(16)25-22-12)23-9-5-7-15(10-23)24-11-14-6-3-4-8-19-14/h3-4,6,8,15H,5,7,9-11H2,1-2H3/t15-/m0/s1. The average molecular weight is 339 g/mol. The first kappa shape index (κ1) is 16.0. The second-order valence-electron chi connectivity index (χ2n) is 6.38. The number of rotatable bonds is 4. The summed E-state index contributed by atoms with van der Waals surface area (Å²) in [5.41, 5.74) is 2.33. The number of nitrogens with zero attached hydrogens (tertiary/aromatic N) is 5. The van der Waals surface area contributed by atoms with Gasteiger partial charge in [0.25, 0.3) is 5.71 Å². The van der Waals surface area contributed by atoms with Gasteiger partial charge in [0.2, 0.25) is 0 Å². The Morgan fingerprint density at radius 2 is 2.20 bits per heavy atom. The molecule has 7 nitrogen and oxygen atoms in total. The van der Waals surface area contributed by atoms with Gasteiger partial charge in [-0.05, 0) is 38.8 Å². The van der Waals surface area contributed by atoms with E-state index < -0.39 is 0 Å². The largest absolute Gasteiger partial charge is 0.370 e. The Hall–Kier alpha value is -2.54. The summed E-state index contributed by atoms with van der Waals surface area (Å²) in [6, 6.07) is 5.88. The molecule has 0 aromatic carbocycles. The molecule has 4 rings (SSSR count). The summed E-state index contributed by atoms with van der Waals surface area (Å²) in [5, 5.41) is 4.94. The van der Waals surface area contributed by atoms with Gasteiger partial charge in [0, 0.05) is 19.3 Å². The Labute approximate surface area is 146 Å². The fourth-order valence-electron chi connectivity index (χ4n) is 3.25. The van der Waals surface area contributed by atoms with Crippen LogP contribution >= 0.6 is 0 Å². The number of fused-ring (bicyclic) bond motifs is 1. The van der Waals surface area contributed by atoms with E-state index >= 15 is 0 Å². The third kappa shape index (κ3) is 3.32. The maximum absolute atomic E-state index is 6.09. The number of hydrogen-bond acceptors (Lipinski definition) is 7. The third-order valence-electron chi connectivity index (χ3n) is 4.47. The Morgan fingerprint density at radius 3 is 3.04 bits per heavy atom. The van der Waals surface area contributed by atoms with E-state index in [2.05, 4.69) is 25.0 Å². The minimum atomic E-state index is 0.154. The number of hydrogen-bond donors (Lipinski definition) is 0. The Balaban J connectivity index is 1.52. The summed E-state index contributed by atoms with van der Waals surface area (Å²) in [7, 11) is 0. The van der Waals surface area contributed by atoms with E-state index in [-0.39, 0.29) is 6.10 Å². The molecule has 1 atom stereocenters. The number of piperidine rings is 1. The molecule has 25 heavy (non-hydrogen) atoms. The summed E-state index contributed by atoms with van der Waals surface area (Å²) in [6.07, 6.45) is 4.04. The van der Waals surface area contributed by atoms with E-state index in [1.165, 1.54) is 0 Å². The highest BCUT2D eigenvalue weighted by Crippen LogP contribution is 2.29. The molecule has 0 saturated carbocycles. The van der Waals surface area contributed by atoms with Gasteiger partial charge in [0.05, 0.1) is 24.1 Å². The van der Waals surface area contributed by atoms with Crippen LogP contribution in [0.25, 0.3) is 11.1 Å². The molecular weight excluding hydrogens is 318 g/mol. The lowest BCUT2D eigenvalue weighted by atomic mass is 10.1. The molecule has 7 heteroatoms. The minimum Gasteiger partial charge on any atom is -0.370 e.